The van der Waals surface area contributed by atoms with E-state index in [4.69, 9.17) is 20.4 Å². The van der Waals surface area contributed by atoms with Crippen molar-refractivity contribution < 1.29 is 34.8 Å². The molecule has 7 nitrogen and oxygen atoms in total. The van der Waals surface area contributed by atoms with Crippen molar-refractivity contribution >= 4 is 11.9 Å². The Labute approximate surface area is 93.3 Å². The highest BCUT2D eigenvalue weighted by Crippen LogP contribution is 1.95. The molecular formula is C9H18O7. The minimum atomic E-state index is -1.26. The number of carboxylic acids is 2. The predicted octanol–water partition coefficient (Wildman–Crippen LogP) is -0.688. The van der Waals surface area contributed by atoms with Crippen LogP contribution in [-0.2, 0) is 14.3 Å². The van der Waals surface area contributed by atoms with Crippen molar-refractivity contribution in [2.24, 2.45) is 0 Å². The third-order valence-corrected chi connectivity index (χ3v) is 1.49. The van der Waals surface area contributed by atoms with Crippen LogP contribution in [0.3, 0.4) is 0 Å². The summed E-state index contributed by atoms with van der Waals surface area (Å²) in [6, 6.07) is 0. The maximum absolute atomic E-state index is 10.1. The number of hydrogen-bond acceptors (Lipinski definition) is 5. The highest BCUT2D eigenvalue weighted by molar-refractivity contribution is 5.79. The van der Waals surface area contributed by atoms with Gasteiger partial charge in [-0.05, 0) is 12.8 Å². The third kappa shape index (κ3) is 12.8. The molecule has 0 radical (unpaired) electrons. The molecule has 0 rings (SSSR count). The molecule has 0 heterocycles. The summed E-state index contributed by atoms with van der Waals surface area (Å²) in [7, 11) is 1.15. The number of unbranched alkanes of at least 4 members (excludes halogenated alkanes) is 1. The molecule has 0 saturated heterocycles. The molecule has 0 fully saturated rings. The van der Waals surface area contributed by atoms with Gasteiger partial charge < -0.3 is 25.2 Å². The zero-order valence-electron chi connectivity index (χ0n) is 9.13. The predicted molar refractivity (Wildman–Crippen MR) is 54.1 cm³/mol. The third-order valence-electron chi connectivity index (χ3n) is 1.49. The molecule has 1 unspecified atom stereocenters. The van der Waals surface area contributed by atoms with Crippen LogP contribution in [0.15, 0.2) is 0 Å². The lowest BCUT2D eigenvalue weighted by Gasteiger charge is -2.05. The highest BCUT2D eigenvalue weighted by atomic mass is 16.5. The molecule has 4 N–H and O–H groups in total. The second-order valence-corrected chi connectivity index (χ2v) is 2.81. The standard InChI is InChI=1S/C5H8O5.C4H10O2/c1-10-3(5(8)9)2-4(6)7;5-3-1-2-4-6/h3H,2H2,1H3,(H,6,7)(H,8,9);5-6H,1-4H2. The van der Waals surface area contributed by atoms with Gasteiger partial charge in [-0.25, -0.2) is 4.79 Å². The average Bonchev–Trinajstić information content (AvgIpc) is 2.23. The van der Waals surface area contributed by atoms with Crippen LogP contribution in [0.4, 0.5) is 0 Å². The van der Waals surface area contributed by atoms with Crippen molar-refractivity contribution in [3.8, 4) is 0 Å². The molecule has 0 saturated carbocycles. The molecule has 0 aliphatic heterocycles. The molecular weight excluding hydrogens is 220 g/mol. The monoisotopic (exact) mass is 238 g/mol. The van der Waals surface area contributed by atoms with E-state index in [0.717, 1.165) is 20.0 Å². The molecule has 0 spiro atoms. The summed E-state index contributed by atoms with van der Waals surface area (Å²) in [6.45, 7) is 0.390. The van der Waals surface area contributed by atoms with E-state index in [9.17, 15) is 9.59 Å². The second-order valence-electron chi connectivity index (χ2n) is 2.81. The van der Waals surface area contributed by atoms with E-state index in [-0.39, 0.29) is 13.2 Å². The van der Waals surface area contributed by atoms with Gasteiger partial charge >= 0.3 is 11.9 Å². The first-order chi connectivity index (χ1) is 7.49. The summed E-state index contributed by atoms with van der Waals surface area (Å²) in [5.41, 5.74) is 0. The molecule has 1 atom stereocenters. The lowest BCUT2D eigenvalue weighted by Crippen LogP contribution is -2.25. The van der Waals surface area contributed by atoms with Crippen LogP contribution in [0.1, 0.15) is 19.3 Å². The van der Waals surface area contributed by atoms with Crippen molar-refractivity contribution in [1.82, 2.24) is 0 Å². The Morgan fingerprint density at radius 2 is 1.56 bits per heavy atom. The smallest absolute Gasteiger partial charge is 0.333 e. The molecule has 0 aliphatic rings. The van der Waals surface area contributed by atoms with Crippen LogP contribution in [0.2, 0.25) is 0 Å². The largest absolute Gasteiger partial charge is 0.481 e. The van der Waals surface area contributed by atoms with Gasteiger partial charge in [0, 0.05) is 20.3 Å². The van der Waals surface area contributed by atoms with Gasteiger partial charge in [0.25, 0.3) is 0 Å². The fraction of sp³-hybridized carbons (Fsp3) is 0.778. The number of methoxy groups -OCH3 is 1. The quantitative estimate of drug-likeness (QED) is 0.433. The van der Waals surface area contributed by atoms with Crippen molar-refractivity contribution in [3.05, 3.63) is 0 Å². The first kappa shape index (κ1) is 17.2. The molecule has 96 valence electrons. The molecule has 0 aromatic heterocycles. The maximum Gasteiger partial charge on any atom is 0.333 e. The molecule has 0 aromatic rings. The lowest BCUT2D eigenvalue weighted by molar-refractivity contribution is -0.154. The van der Waals surface area contributed by atoms with Gasteiger partial charge in [-0.2, -0.15) is 0 Å². The SMILES string of the molecule is COC(CC(=O)O)C(=O)O.OCCCCO. The van der Waals surface area contributed by atoms with E-state index < -0.39 is 24.5 Å². The van der Waals surface area contributed by atoms with E-state index in [2.05, 4.69) is 4.74 Å². The second kappa shape index (κ2) is 11.9. The summed E-state index contributed by atoms with van der Waals surface area (Å²) in [6.07, 6.45) is -0.309. The average molecular weight is 238 g/mol. The summed E-state index contributed by atoms with van der Waals surface area (Å²) in [5.74, 6) is -2.45. The van der Waals surface area contributed by atoms with Crippen molar-refractivity contribution in [2.45, 2.75) is 25.4 Å². The number of carboxylic acid groups (broad SMARTS) is 2. The fourth-order valence-electron chi connectivity index (χ4n) is 0.654. The number of hydrogen-bond donors (Lipinski definition) is 4. The van der Waals surface area contributed by atoms with Crippen LogP contribution in [0.5, 0.6) is 0 Å². The van der Waals surface area contributed by atoms with Crippen molar-refractivity contribution in [2.75, 3.05) is 20.3 Å². The van der Waals surface area contributed by atoms with Gasteiger partial charge in [-0.1, -0.05) is 0 Å². The van der Waals surface area contributed by atoms with E-state index in [0.29, 0.717) is 0 Å². The number of aliphatic hydroxyl groups is 2. The van der Waals surface area contributed by atoms with Crippen LogP contribution in [-0.4, -0.2) is 58.8 Å². The van der Waals surface area contributed by atoms with Gasteiger partial charge in [-0.15, -0.1) is 0 Å². The van der Waals surface area contributed by atoms with Crippen LogP contribution in [0, 0.1) is 0 Å². The first-order valence-corrected chi connectivity index (χ1v) is 4.68. The van der Waals surface area contributed by atoms with E-state index >= 15 is 0 Å². The number of ether oxygens (including phenoxy) is 1. The summed E-state index contributed by atoms with van der Waals surface area (Å²) >= 11 is 0. The van der Waals surface area contributed by atoms with Gasteiger partial charge in [0.1, 0.15) is 0 Å². The summed E-state index contributed by atoms with van der Waals surface area (Å²) in [5, 5.41) is 32.5. The Balaban J connectivity index is 0. The summed E-state index contributed by atoms with van der Waals surface area (Å²) < 4.78 is 4.34. The highest BCUT2D eigenvalue weighted by Gasteiger charge is 2.19. The Morgan fingerprint density at radius 1 is 1.12 bits per heavy atom. The fourth-order valence-corrected chi connectivity index (χ4v) is 0.654. The number of aliphatic hydroxyl groups excluding tert-OH is 2. The molecule has 0 aliphatic carbocycles. The van der Waals surface area contributed by atoms with E-state index in [1.165, 1.54) is 0 Å². The Hall–Kier alpha value is -1.18. The molecule has 7 heteroatoms. The Bertz CT molecular complexity index is 188. The van der Waals surface area contributed by atoms with Gasteiger partial charge in [-0.3, -0.25) is 4.79 Å². The Kier molecular flexibility index (Phi) is 12.8. The van der Waals surface area contributed by atoms with Crippen molar-refractivity contribution in [3.63, 3.8) is 0 Å². The first-order valence-electron chi connectivity index (χ1n) is 4.68. The van der Waals surface area contributed by atoms with Gasteiger partial charge in [0.2, 0.25) is 0 Å². The van der Waals surface area contributed by atoms with Crippen LogP contribution >= 0.6 is 0 Å². The van der Waals surface area contributed by atoms with Gasteiger partial charge in [0.05, 0.1) is 6.42 Å². The minimum absolute atomic E-state index is 0.195. The summed E-state index contributed by atoms with van der Waals surface area (Å²) in [4.78, 5) is 20.0. The normalized spacial score (nSPS) is 11.2. The zero-order chi connectivity index (χ0) is 13.0. The number of rotatable bonds is 7. The Morgan fingerprint density at radius 3 is 1.69 bits per heavy atom. The lowest BCUT2D eigenvalue weighted by atomic mass is 10.2. The number of carbonyl (C=O) groups is 2. The van der Waals surface area contributed by atoms with Crippen molar-refractivity contribution in [1.29, 1.82) is 0 Å². The molecule has 0 amide bonds. The van der Waals surface area contributed by atoms with Crippen LogP contribution < -0.4 is 0 Å². The minimum Gasteiger partial charge on any atom is -0.481 e. The topological polar surface area (TPSA) is 124 Å². The van der Waals surface area contributed by atoms with E-state index in [1.807, 2.05) is 0 Å². The molecule has 0 bridgehead atoms. The number of aliphatic carboxylic acids is 2. The van der Waals surface area contributed by atoms with E-state index in [1.54, 1.807) is 0 Å². The molecule has 0 aromatic carbocycles. The molecule has 16 heavy (non-hydrogen) atoms. The van der Waals surface area contributed by atoms with Gasteiger partial charge in [0.15, 0.2) is 6.10 Å². The van der Waals surface area contributed by atoms with Crippen LogP contribution in [0.25, 0.3) is 0 Å². The zero-order valence-corrected chi connectivity index (χ0v) is 9.13. The maximum atomic E-state index is 10.1.